The zero-order chi connectivity index (χ0) is 11.5. The lowest BCUT2D eigenvalue weighted by Crippen LogP contribution is -2.25. The summed E-state index contributed by atoms with van der Waals surface area (Å²) in [6, 6.07) is 5.85. The number of rotatable bonds is 3. The lowest BCUT2D eigenvalue weighted by atomic mass is 9.96. The van der Waals surface area contributed by atoms with Crippen LogP contribution in [0.5, 0.6) is 5.75 Å². The number of carbonyl (C=O) groups is 1. The summed E-state index contributed by atoms with van der Waals surface area (Å²) < 4.78 is 5.29. The molecule has 1 aliphatic rings. The molecule has 1 aliphatic heterocycles. The predicted molar refractivity (Wildman–Crippen MR) is 62.7 cm³/mol. The summed E-state index contributed by atoms with van der Waals surface area (Å²) in [4.78, 5) is 11.2. The van der Waals surface area contributed by atoms with Gasteiger partial charge in [0.25, 0.3) is 5.91 Å². The Bertz CT molecular complexity index is 400. The lowest BCUT2D eigenvalue weighted by molar-refractivity contribution is -0.118. The van der Waals surface area contributed by atoms with Crippen molar-refractivity contribution >= 4 is 11.6 Å². The number of nitrogens with one attached hydrogen (secondary N) is 1. The fourth-order valence-corrected chi connectivity index (χ4v) is 1.89. The van der Waals surface area contributed by atoms with Gasteiger partial charge in [-0.3, -0.25) is 4.79 Å². The fourth-order valence-electron chi connectivity index (χ4n) is 1.89. The maximum absolute atomic E-state index is 11.2. The van der Waals surface area contributed by atoms with Crippen LogP contribution in [0.3, 0.4) is 0 Å². The molecular formula is C12H16N2O2. The normalized spacial score (nSPS) is 16.0. The average Bonchev–Trinajstić information content (AvgIpc) is 2.30. The fraction of sp³-hybridized carbons (Fsp3) is 0.417. The van der Waals surface area contributed by atoms with Gasteiger partial charge in [0.2, 0.25) is 0 Å². The molecule has 1 aromatic carbocycles. The molecule has 16 heavy (non-hydrogen) atoms. The molecule has 0 radical (unpaired) electrons. The largest absolute Gasteiger partial charge is 0.482 e. The molecule has 4 heteroatoms. The van der Waals surface area contributed by atoms with E-state index in [1.54, 1.807) is 0 Å². The van der Waals surface area contributed by atoms with Crippen LogP contribution in [-0.4, -0.2) is 19.1 Å². The van der Waals surface area contributed by atoms with Crippen LogP contribution in [0, 0.1) is 0 Å². The molecule has 4 nitrogen and oxygen atoms in total. The molecule has 0 saturated carbocycles. The maximum atomic E-state index is 11.2. The van der Waals surface area contributed by atoms with E-state index in [0.29, 0.717) is 12.5 Å². The molecule has 0 bridgehead atoms. The third kappa shape index (κ3) is 2.02. The van der Waals surface area contributed by atoms with Crippen LogP contribution >= 0.6 is 0 Å². The second-order valence-electron chi connectivity index (χ2n) is 3.93. The first-order chi connectivity index (χ1) is 7.74. The average molecular weight is 220 g/mol. The minimum atomic E-state index is -0.106. The van der Waals surface area contributed by atoms with Crippen molar-refractivity contribution in [3.63, 3.8) is 0 Å². The summed E-state index contributed by atoms with van der Waals surface area (Å²) in [5.74, 6) is 0.963. The molecule has 86 valence electrons. The smallest absolute Gasteiger partial charge is 0.262 e. The molecule has 1 atom stereocenters. The van der Waals surface area contributed by atoms with Crippen LogP contribution in [0.25, 0.3) is 0 Å². The first-order valence-electron chi connectivity index (χ1n) is 5.51. The van der Waals surface area contributed by atoms with Gasteiger partial charge in [-0.15, -0.1) is 0 Å². The maximum Gasteiger partial charge on any atom is 0.262 e. The van der Waals surface area contributed by atoms with Crippen LogP contribution < -0.4 is 15.8 Å². The summed E-state index contributed by atoms with van der Waals surface area (Å²) in [6.45, 7) is 2.82. The number of amides is 1. The van der Waals surface area contributed by atoms with Crippen molar-refractivity contribution in [1.82, 2.24) is 0 Å². The number of hydrogen-bond donors (Lipinski definition) is 2. The zero-order valence-corrected chi connectivity index (χ0v) is 9.32. The second kappa shape index (κ2) is 4.53. The van der Waals surface area contributed by atoms with Gasteiger partial charge in [-0.25, -0.2) is 0 Å². The van der Waals surface area contributed by atoms with E-state index >= 15 is 0 Å². The van der Waals surface area contributed by atoms with Crippen molar-refractivity contribution in [3.8, 4) is 5.75 Å². The van der Waals surface area contributed by atoms with Crippen molar-refractivity contribution < 1.29 is 9.53 Å². The van der Waals surface area contributed by atoms with E-state index in [2.05, 4.69) is 12.2 Å². The second-order valence-corrected chi connectivity index (χ2v) is 3.93. The molecule has 1 aromatic rings. The number of fused-ring (bicyclic) bond motifs is 1. The molecule has 3 N–H and O–H groups in total. The van der Waals surface area contributed by atoms with E-state index in [4.69, 9.17) is 10.5 Å². The van der Waals surface area contributed by atoms with Gasteiger partial charge in [0.05, 0.1) is 5.69 Å². The summed E-state index contributed by atoms with van der Waals surface area (Å²) in [6.07, 6.45) is 0.990. The summed E-state index contributed by atoms with van der Waals surface area (Å²) in [5, 5.41) is 2.80. The van der Waals surface area contributed by atoms with E-state index in [1.807, 2.05) is 18.2 Å². The van der Waals surface area contributed by atoms with Crippen molar-refractivity contribution in [2.45, 2.75) is 19.3 Å². The Labute approximate surface area is 94.8 Å². The van der Waals surface area contributed by atoms with Crippen LogP contribution in [0.4, 0.5) is 5.69 Å². The SMILES string of the molecule is CCC(CN)c1ccc2c(c1)NC(=O)CO2. The molecule has 1 unspecified atom stereocenters. The van der Waals surface area contributed by atoms with Gasteiger partial charge in [-0.05, 0) is 36.6 Å². The van der Waals surface area contributed by atoms with Crippen molar-refractivity contribution in [2.24, 2.45) is 5.73 Å². The highest BCUT2D eigenvalue weighted by Crippen LogP contribution is 2.31. The highest BCUT2D eigenvalue weighted by Gasteiger charge is 2.17. The van der Waals surface area contributed by atoms with Crippen LogP contribution in [0.15, 0.2) is 18.2 Å². The zero-order valence-electron chi connectivity index (χ0n) is 9.32. The minimum absolute atomic E-state index is 0.0977. The first kappa shape index (κ1) is 11.0. The van der Waals surface area contributed by atoms with Gasteiger partial charge in [0, 0.05) is 0 Å². The van der Waals surface area contributed by atoms with E-state index in [0.717, 1.165) is 23.4 Å². The molecule has 0 saturated heterocycles. The Kier molecular flexibility index (Phi) is 3.10. The highest BCUT2D eigenvalue weighted by molar-refractivity contribution is 5.95. The first-order valence-corrected chi connectivity index (χ1v) is 5.51. The van der Waals surface area contributed by atoms with Gasteiger partial charge >= 0.3 is 0 Å². The Hall–Kier alpha value is -1.55. The van der Waals surface area contributed by atoms with Gasteiger partial charge in [-0.1, -0.05) is 13.0 Å². The van der Waals surface area contributed by atoms with Gasteiger partial charge in [0.1, 0.15) is 5.75 Å². The molecule has 0 aromatic heterocycles. The topological polar surface area (TPSA) is 64.3 Å². The monoisotopic (exact) mass is 220 g/mol. The van der Waals surface area contributed by atoms with Crippen molar-refractivity contribution in [2.75, 3.05) is 18.5 Å². The molecule has 1 heterocycles. The minimum Gasteiger partial charge on any atom is -0.482 e. The van der Waals surface area contributed by atoms with E-state index < -0.39 is 0 Å². The number of ether oxygens (including phenoxy) is 1. The van der Waals surface area contributed by atoms with Gasteiger partial charge < -0.3 is 15.8 Å². The summed E-state index contributed by atoms with van der Waals surface area (Å²) in [7, 11) is 0. The van der Waals surface area contributed by atoms with Crippen molar-refractivity contribution in [3.05, 3.63) is 23.8 Å². The number of nitrogens with two attached hydrogens (primary N) is 1. The Balaban J connectivity index is 2.30. The highest BCUT2D eigenvalue weighted by atomic mass is 16.5. The number of hydrogen-bond acceptors (Lipinski definition) is 3. The van der Waals surface area contributed by atoms with Crippen LogP contribution in [0.1, 0.15) is 24.8 Å². The van der Waals surface area contributed by atoms with Crippen LogP contribution in [-0.2, 0) is 4.79 Å². The van der Waals surface area contributed by atoms with Crippen molar-refractivity contribution in [1.29, 1.82) is 0 Å². The predicted octanol–water partition coefficient (Wildman–Crippen LogP) is 1.47. The van der Waals surface area contributed by atoms with E-state index in [-0.39, 0.29) is 12.5 Å². The standard InChI is InChI=1S/C12H16N2O2/c1-2-8(6-13)9-3-4-11-10(5-9)14-12(15)7-16-11/h3-5,8H,2,6-7,13H2,1H3,(H,14,15). The van der Waals surface area contributed by atoms with Crippen LogP contribution in [0.2, 0.25) is 0 Å². The Morgan fingerprint density at radius 2 is 2.38 bits per heavy atom. The summed E-state index contributed by atoms with van der Waals surface area (Å²) >= 11 is 0. The number of carbonyl (C=O) groups excluding carboxylic acids is 1. The van der Waals surface area contributed by atoms with Gasteiger partial charge in [0.15, 0.2) is 6.61 Å². The molecule has 0 aliphatic carbocycles. The third-order valence-electron chi connectivity index (χ3n) is 2.89. The Morgan fingerprint density at radius 1 is 1.56 bits per heavy atom. The Morgan fingerprint density at radius 3 is 3.06 bits per heavy atom. The van der Waals surface area contributed by atoms with Gasteiger partial charge in [-0.2, -0.15) is 0 Å². The molecule has 1 amide bonds. The molecule has 0 fully saturated rings. The lowest BCUT2D eigenvalue weighted by Gasteiger charge is -2.20. The third-order valence-corrected chi connectivity index (χ3v) is 2.89. The van der Waals surface area contributed by atoms with E-state index in [1.165, 1.54) is 0 Å². The molecule has 2 rings (SSSR count). The summed E-state index contributed by atoms with van der Waals surface area (Å²) in [5.41, 5.74) is 7.60. The molecular weight excluding hydrogens is 204 g/mol. The molecule has 0 spiro atoms. The number of benzene rings is 1. The number of anilines is 1. The quantitative estimate of drug-likeness (QED) is 0.810. The van der Waals surface area contributed by atoms with E-state index in [9.17, 15) is 4.79 Å².